The van der Waals surface area contributed by atoms with Crippen molar-refractivity contribution in [1.29, 1.82) is 0 Å². The molecular formula is C13H18N2OS2. The Hall–Kier alpha value is -0.940. The molecule has 2 aromatic rings. The molecule has 0 saturated heterocycles. The van der Waals surface area contributed by atoms with E-state index in [2.05, 4.69) is 18.8 Å². The summed E-state index contributed by atoms with van der Waals surface area (Å²) in [7, 11) is 0. The van der Waals surface area contributed by atoms with E-state index in [0.717, 1.165) is 29.0 Å². The summed E-state index contributed by atoms with van der Waals surface area (Å²) in [6, 6.07) is 1.90. The van der Waals surface area contributed by atoms with Gasteiger partial charge in [0.25, 0.3) is 5.56 Å². The van der Waals surface area contributed by atoms with Crippen molar-refractivity contribution in [3.8, 4) is 0 Å². The molecule has 0 radical (unpaired) electrons. The van der Waals surface area contributed by atoms with Crippen molar-refractivity contribution in [3.05, 3.63) is 26.6 Å². The highest BCUT2D eigenvalue weighted by Gasteiger charge is 2.06. The smallest absolute Gasteiger partial charge is 0.272 e. The predicted molar refractivity (Wildman–Crippen MR) is 80.0 cm³/mol. The normalized spacial score (nSPS) is 11.5. The Bertz CT molecular complexity index is 636. The van der Waals surface area contributed by atoms with E-state index in [4.69, 9.17) is 12.2 Å². The number of fused-ring (bicyclic) bond motifs is 1. The van der Waals surface area contributed by atoms with Gasteiger partial charge in [0.2, 0.25) is 0 Å². The van der Waals surface area contributed by atoms with E-state index in [0.29, 0.717) is 11.3 Å². The Kier molecular flexibility index (Phi) is 4.35. The van der Waals surface area contributed by atoms with Crippen LogP contribution in [0.1, 0.15) is 33.1 Å². The molecular weight excluding hydrogens is 264 g/mol. The quantitative estimate of drug-likeness (QED) is 0.666. The highest BCUT2D eigenvalue weighted by molar-refractivity contribution is 7.71. The average Bonchev–Trinajstić information content (AvgIpc) is 2.75. The minimum atomic E-state index is 0.0493. The molecule has 0 bridgehead atoms. The molecule has 0 amide bonds. The number of aromatic amines is 1. The number of rotatable bonds is 5. The van der Waals surface area contributed by atoms with Crippen molar-refractivity contribution in [3.63, 3.8) is 0 Å². The van der Waals surface area contributed by atoms with Crippen molar-refractivity contribution < 1.29 is 0 Å². The van der Waals surface area contributed by atoms with Crippen LogP contribution in [0.25, 0.3) is 10.2 Å². The van der Waals surface area contributed by atoms with E-state index >= 15 is 0 Å². The zero-order valence-corrected chi connectivity index (χ0v) is 12.4. The molecule has 0 aliphatic heterocycles. The molecule has 0 aliphatic carbocycles. The summed E-state index contributed by atoms with van der Waals surface area (Å²) in [5.74, 6) is 0.719. The first-order valence-electron chi connectivity index (χ1n) is 6.30. The van der Waals surface area contributed by atoms with Gasteiger partial charge in [-0.15, -0.1) is 11.3 Å². The second-order valence-corrected chi connectivity index (χ2v) is 6.24. The number of nitrogens with zero attached hydrogens (tertiary/aromatic N) is 1. The van der Waals surface area contributed by atoms with Crippen LogP contribution in [0.3, 0.4) is 0 Å². The fraction of sp³-hybridized carbons (Fsp3) is 0.538. The first-order valence-corrected chi connectivity index (χ1v) is 7.58. The molecule has 2 aromatic heterocycles. The molecule has 0 fully saturated rings. The number of hydrogen-bond donors (Lipinski definition) is 1. The van der Waals surface area contributed by atoms with Crippen LogP contribution < -0.4 is 5.56 Å². The molecule has 2 rings (SSSR count). The second-order valence-electron chi connectivity index (χ2n) is 4.94. The predicted octanol–water partition coefficient (Wildman–Crippen LogP) is 3.95. The molecule has 0 spiro atoms. The molecule has 0 aliphatic rings. The summed E-state index contributed by atoms with van der Waals surface area (Å²) < 4.78 is 3.00. The zero-order chi connectivity index (χ0) is 13.1. The molecule has 1 N–H and O–H groups in total. The van der Waals surface area contributed by atoms with Crippen LogP contribution >= 0.6 is 23.6 Å². The first kappa shape index (κ1) is 13.5. The highest BCUT2D eigenvalue weighted by Crippen LogP contribution is 2.14. The summed E-state index contributed by atoms with van der Waals surface area (Å²) in [4.78, 5) is 15.3. The lowest BCUT2D eigenvalue weighted by Crippen LogP contribution is -2.21. The Labute approximate surface area is 115 Å². The maximum Gasteiger partial charge on any atom is 0.272 e. The van der Waals surface area contributed by atoms with Gasteiger partial charge in [-0.05, 0) is 36.0 Å². The van der Waals surface area contributed by atoms with Gasteiger partial charge in [-0.2, -0.15) is 0 Å². The third-order valence-electron chi connectivity index (χ3n) is 3.00. The molecule has 0 unspecified atom stereocenters. The molecule has 2 heterocycles. The van der Waals surface area contributed by atoms with Gasteiger partial charge in [0.15, 0.2) is 4.77 Å². The maximum atomic E-state index is 12.2. The largest absolute Gasteiger partial charge is 0.331 e. The monoisotopic (exact) mass is 282 g/mol. The fourth-order valence-corrected chi connectivity index (χ4v) is 3.08. The van der Waals surface area contributed by atoms with Gasteiger partial charge in [0.05, 0.1) is 5.52 Å². The fourth-order valence-electron chi connectivity index (χ4n) is 2.00. The van der Waals surface area contributed by atoms with Crippen LogP contribution in [-0.4, -0.2) is 9.55 Å². The van der Waals surface area contributed by atoms with Crippen molar-refractivity contribution in [2.45, 2.75) is 39.7 Å². The first-order chi connectivity index (χ1) is 8.59. The van der Waals surface area contributed by atoms with E-state index < -0.39 is 0 Å². The number of thiophene rings is 1. The number of H-pyrrole nitrogens is 1. The Balaban J connectivity index is 2.17. The van der Waals surface area contributed by atoms with Gasteiger partial charge in [-0.1, -0.05) is 26.7 Å². The lowest BCUT2D eigenvalue weighted by atomic mass is 10.1. The van der Waals surface area contributed by atoms with Gasteiger partial charge >= 0.3 is 0 Å². The van der Waals surface area contributed by atoms with E-state index in [1.54, 1.807) is 4.57 Å². The van der Waals surface area contributed by atoms with Crippen molar-refractivity contribution in [2.75, 3.05) is 0 Å². The zero-order valence-electron chi connectivity index (χ0n) is 10.7. The Morgan fingerprint density at radius 1 is 1.44 bits per heavy atom. The topological polar surface area (TPSA) is 37.8 Å². The standard InChI is InChI=1S/C13H18N2OS2/c1-9(2)5-3-4-7-15-12(16)11-10(6-8-18-11)14-13(15)17/h6,8-9H,3-5,7H2,1-2H3,(H,14,17). The minimum absolute atomic E-state index is 0.0493. The van der Waals surface area contributed by atoms with Crippen LogP contribution in [0.2, 0.25) is 0 Å². The summed E-state index contributed by atoms with van der Waals surface area (Å²) in [5.41, 5.74) is 0.904. The molecule has 5 heteroatoms. The third-order valence-corrected chi connectivity index (χ3v) is 4.23. The van der Waals surface area contributed by atoms with Crippen molar-refractivity contribution >= 4 is 33.8 Å². The summed E-state index contributed by atoms with van der Waals surface area (Å²) in [6.45, 7) is 5.15. The average molecular weight is 282 g/mol. The van der Waals surface area contributed by atoms with E-state index in [9.17, 15) is 4.79 Å². The highest BCUT2D eigenvalue weighted by atomic mass is 32.1. The number of unbranched alkanes of at least 4 members (excludes halogenated alkanes) is 1. The van der Waals surface area contributed by atoms with Crippen LogP contribution in [0.5, 0.6) is 0 Å². The van der Waals surface area contributed by atoms with Gasteiger partial charge in [0, 0.05) is 6.54 Å². The van der Waals surface area contributed by atoms with Crippen molar-refractivity contribution in [2.24, 2.45) is 5.92 Å². The minimum Gasteiger partial charge on any atom is -0.331 e. The third kappa shape index (κ3) is 2.90. The van der Waals surface area contributed by atoms with E-state index in [1.165, 1.54) is 17.8 Å². The van der Waals surface area contributed by atoms with Gasteiger partial charge in [-0.3, -0.25) is 9.36 Å². The Morgan fingerprint density at radius 2 is 2.22 bits per heavy atom. The molecule has 0 aromatic carbocycles. The van der Waals surface area contributed by atoms with Crippen LogP contribution in [0.15, 0.2) is 16.2 Å². The maximum absolute atomic E-state index is 12.2. The summed E-state index contributed by atoms with van der Waals surface area (Å²) >= 11 is 6.72. The molecule has 18 heavy (non-hydrogen) atoms. The Morgan fingerprint density at radius 3 is 2.94 bits per heavy atom. The van der Waals surface area contributed by atoms with Gasteiger partial charge < -0.3 is 4.98 Å². The van der Waals surface area contributed by atoms with Crippen LogP contribution in [0, 0.1) is 10.7 Å². The van der Waals surface area contributed by atoms with Crippen molar-refractivity contribution in [1.82, 2.24) is 9.55 Å². The van der Waals surface area contributed by atoms with E-state index in [1.807, 2.05) is 11.4 Å². The summed E-state index contributed by atoms with van der Waals surface area (Å²) in [5, 5.41) is 1.92. The molecule has 98 valence electrons. The number of nitrogens with one attached hydrogen (secondary N) is 1. The lowest BCUT2D eigenvalue weighted by Gasteiger charge is -2.07. The number of hydrogen-bond acceptors (Lipinski definition) is 3. The van der Waals surface area contributed by atoms with Gasteiger partial charge in [0.1, 0.15) is 4.70 Å². The van der Waals surface area contributed by atoms with E-state index in [-0.39, 0.29) is 5.56 Å². The lowest BCUT2D eigenvalue weighted by molar-refractivity contribution is 0.501. The SMILES string of the molecule is CC(C)CCCCn1c(=S)[nH]c2ccsc2c1=O. The molecule has 0 atom stereocenters. The molecule has 3 nitrogen and oxygen atoms in total. The van der Waals surface area contributed by atoms with Crippen LogP contribution in [0.4, 0.5) is 0 Å². The van der Waals surface area contributed by atoms with Crippen LogP contribution in [-0.2, 0) is 6.54 Å². The second kappa shape index (κ2) is 5.80. The summed E-state index contributed by atoms with van der Waals surface area (Å²) in [6.07, 6.45) is 3.35. The van der Waals surface area contributed by atoms with Gasteiger partial charge in [-0.25, -0.2) is 0 Å². The molecule has 0 saturated carbocycles. The number of aromatic nitrogens is 2.